The maximum Gasteiger partial charge on any atom is 0.125 e. The molecule has 3 nitrogen and oxygen atoms in total. The first-order valence-corrected chi connectivity index (χ1v) is 13.4. The smallest absolute Gasteiger partial charge is 0.125 e. The Labute approximate surface area is 243 Å². The predicted molar refractivity (Wildman–Crippen MR) is 164 cm³/mol. The summed E-state index contributed by atoms with van der Waals surface area (Å²) in [6, 6.07) is 36.1. The van der Waals surface area contributed by atoms with Crippen LogP contribution in [0.15, 0.2) is 128 Å². The number of aryl methyl sites for hydroxylation is 1. The average Bonchev–Trinajstić information content (AvgIpc) is 3.04. The summed E-state index contributed by atoms with van der Waals surface area (Å²) >= 11 is 0. The van der Waals surface area contributed by atoms with Crippen LogP contribution in [-0.4, -0.2) is 15.1 Å². The third-order valence-electron chi connectivity index (χ3n) is 7.31. The van der Waals surface area contributed by atoms with Crippen LogP contribution in [0, 0.1) is 12.7 Å². The number of rotatable bonds is 6. The number of aromatic hydroxyl groups is 1. The molecule has 4 aromatic carbocycles. The molecular formula is C37H29FN2O. The van der Waals surface area contributed by atoms with Crippen molar-refractivity contribution in [1.29, 1.82) is 0 Å². The fourth-order valence-corrected chi connectivity index (χ4v) is 5.15. The minimum atomic E-state index is -2.35. The highest BCUT2D eigenvalue weighted by molar-refractivity contribution is 5.76. The van der Waals surface area contributed by atoms with Gasteiger partial charge in [-0.05, 0) is 83.7 Å². The van der Waals surface area contributed by atoms with Gasteiger partial charge in [-0.15, -0.1) is 0 Å². The number of aromatic nitrogens is 2. The predicted octanol–water partition coefficient (Wildman–Crippen LogP) is 9.45. The number of hydrogen-bond acceptors (Lipinski definition) is 3. The fraction of sp³-hybridized carbons (Fsp3) is 0.0811. The molecule has 0 fully saturated rings. The van der Waals surface area contributed by atoms with Crippen LogP contribution >= 0.6 is 0 Å². The van der Waals surface area contributed by atoms with Gasteiger partial charge in [0.1, 0.15) is 11.6 Å². The van der Waals surface area contributed by atoms with E-state index < -0.39 is 6.85 Å². The number of nitrogens with zero attached hydrogens (tertiary/aromatic N) is 2. The van der Waals surface area contributed by atoms with Crippen molar-refractivity contribution in [3.8, 4) is 50.6 Å². The lowest BCUT2D eigenvalue weighted by Gasteiger charge is -2.18. The third kappa shape index (κ3) is 5.50. The molecule has 4 heteroatoms. The van der Waals surface area contributed by atoms with Crippen molar-refractivity contribution >= 4 is 0 Å². The molecule has 0 aliphatic heterocycles. The van der Waals surface area contributed by atoms with Crippen LogP contribution in [0.25, 0.3) is 44.9 Å². The molecule has 1 N–H and O–H groups in total. The Morgan fingerprint density at radius 1 is 0.683 bits per heavy atom. The highest BCUT2D eigenvalue weighted by Gasteiger charge is 2.19. The van der Waals surface area contributed by atoms with Crippen molar-refractivity contribution in [3.05, 3.63) is 150 Å². The summed E-state index contributed by atoms with van der Waals surface area (Å²) in [5, 5.41) is 11.0. The second kappa shape index (κ2) is 11.2. The van der Waals surface area contributed by atoms with Gasteiger partial charge in [0.2, 0.25) is 0 Å². The average molecular weight is 540 g/mol. The minimum Gasteiger partial charge on any atom is -0.507 e. The highest BCUT2D eigenvalue weighted by atomic mass is 19.1. The van der Waals surface area contributed by atoms with Crippen molar-refractivity contribution in [3.63, 3.8) is 0 Å². The van der Waals surface area contributed by atoms with Crippen molar-refractivity contribution in [2.24, 2.45) is 0 Å². The van der Waals surface area contributed by atoms with Gasteiger partial charge in [-0.25, -0.2) is 9.37 Å². The molecule has 2 aromatic heterocycles. The standard InChI is InChI=1S/C37H29FN2O/c1-24-20-29(33-19-16-28(23-39-33)27-8-4-3-5-9-27)22-30(21-24)34-11-7-12-35(40-34)37-32(10-6-13-36(37)41)25(2)26-14-17-31(38)18-15-26/h3-23,25,41H,1-2H3/i1D3. The molecule has 0 saturated heterocycles. The lowest BCUT2D eigenvalue weighted by molar-refractivity contribution is 0.476. The Hall–Kier alpha value is -5.09. The summed E-state index contributed by atoms with van der Waals surface area (Å²) < 4.78 is 38.1. The highest BCUT2D eigenvalue weighted by Crippen LogP contribution is 2.39. The minimum absolute atomic E-state index is 0.0701. The molecule has 1 atom stereocenters. The maximum absolute atomic E-state index is 13.6. The molecule has 41 heavy (non-hydrogen) atoms. The van der Waals surface area contributed by atoms with Gasteiger partial charge < -0.3 is 5.11 Å². The second-order valence-electron chi connectivity index (χ2n) is 10.0. The van der Waals surface area contributed by atoms with Crippen LogP contribution in [-0.2, 0) is 0 Å². The molecule has 1 unspecified atom stereocenters. The molecule has 0 amide bonds. The summed E-state index contributed by atoms with van der Waals surface area (Å²) in [5.74, 6) is -0.397. The molecule has 0 aliphatic carbocycles. The first-order chi connectivity index (χ1) is 21.2. The Balaban J connectivity index is 1.42. The van der Waals surface area contributed by atoms with E-state index in [-0.39, 0.29) is 23.0 Å². The number of halogens is 1. The van der Waals surface area contributed by atoms with E-state index in [9.17, 15) is 9.50 Å². The second-order valence-corrected chi connectivity index (χ2v) is 10.0. The van der Waals surface area contributed by atoms with E-state index in [1.54, 1.807) is 42.6 Å². The number of phenols is 1. The third-order valence-corrected chi connectivity index (χ3v) is 7.31. The quantitative estimate of drug-likeness (QED) is 0.229. The molecule has 0 aliphatic rings. The van der Waals surface area contributed by atoms with Gasteiger partial charge >= 0.3 is 0 Å². The van der Waals surface area contributed by atoms with Gasteiger partial charge in [0.25, 0.3) is 0 Å². The molecule has 0 radical (unpaired) electrons. The molecule has 6 rings (SSSR count). The van der Waals surface area contributed by atoms with Gasteiger partial charge in [-0.3, -0.25) is 4.98 Å². The van der Waals surface area contributed by atoms with Gasteiger partial charge in [-0.1, -0.05) is 73.7 Å². The van der Waals surface area contributed by atoms with E-state index in [1.165, 1.54) is 12.1 Å². The number of hydrogen-bond donors (Lipinski definition) is 1. The number of phenolic OH excluding ortho intramolecular Hbond substituents is 1. The van der Waals surface area contributed by atoms with E-state index in [2.05, 4.69) is 4.98 Å². The Kier molecular flexibility index (Phi) is 6.19. The summed E-state index contributed by atoms with van der Waals surface area (Å²) in [6.07, 6.45) is 1.78. The van der Waals surface area contributed by atoms with Gasteiger partial charge in [-0.2, -0.15) is 0 Å². The van der Waals surface area contributed by atoms with Gasteiger partial charge in [0.05, 0.1) is 17.1 Å². The molecule has 0 saturated carbocycles. The van der Waals surface area contributed by atoms with Crippen molar-refractivity contribution in [2.45, 2.75) is 19.7 Å². The molecule has 200 valence electrons. The van der Waals surface area contributed by atoms with Crippen LogP contribution < -0.4 is 0 Å². The van der Waals surface area contributed by atoms with Crippen LogP contribution in [0.1, 0.15) is 33.6 Å². The lowest BCUT2D eigenvalue weighted by atomic mass is 9.88. The fourth-order valence-electron chi connectivity index (χ4n) is 5.15. The topological polar surface area (TPSA) is 46.0 Å². The largest absolute Gasteiger partial charge is 0.507 e. The SMILES string of the molecule is [2H]C([2H])([2H])c1cc(-c2ccc(-c3ccccc3)cn2)cc(-c2cccc(-c3c(O)cccc3C(C)c3ccc(F)cc3)n2)c1. The van der Waals surface area contributed by atoms with Crippen LogP contribution in [0.5, 0.6) is 5.75 Å². The number of benzene rings is 4. The monoisotopic (exact) mass is 539 g/mol. The molecule has 0 bridgehead atoms. The lowest BCUT2D eigenvalue weighted by Crippen LogP contribution is -2.01. The zero-order chi connectivity index (χ0) is 30.8. The normalized spacial score (nSPS) is 13.2. The molecule has 2 heterocycles. The zero-order valence-corrected chi connectivity index (χ0v) is 22.4. The summed E-state index contributed by atoms with van der Waals surface area (Å²) in [5.41, 5.74) is 7.50. The van der Waals surface area contributed by atoms with Crippen molar-refractivity contribution < 1.29 is 13.6 Å². The molecule has 0 spiro atoms. The van der Waals surface area contributed by atoms with Crippen molar-refractivity contribution in [2.75, 3.05) is 0 Å². The first kappa shape index (κ1) is 22.7. The van der Waals surface area contributed by atoms with E-state index >= 15 is 0 Å². The summed E-state index contributed by atoms with van der Waals surface area (Å²) in [6.45, 7) is -0.348. The van der Waals surface area contributed by atoms with Crippen LogP contribution in [0.4, 0.5) is 4.39 Å². The van der Waals surface area contributed by atoms with Gasteiger partial charge in [0.15, 0.2) is 0 Å². The van der Waals surface area contributed by atoms with Crippen LogP contribution in [0.2, 0.25) is 0 Å². The van der Waals surface area contributed by atoms with E-state index in [0.29, 0.717) is 33.8 Å². The van der Waals surface area contributed by atoms with E-state index in [0.717, 1.165) is 22.3 Å². The summed E-state index contributed by atoms with van der Waals surface area (Å²) in [4.78, 5) is 9.58. The van der Waals surface area contributed by atoms with E-state index in [4.69, 9.17) is 9.10 Å². The Bertz CT molecular complexity index is 1920. The number of pyridine rings is 2. The maximum atomic E-state index is 13.6. The summed E-state index contributed by atoms with van der Waals surface area (Å²) in [7, 11) is 0. The first-order valence-electron chi connectivity index (χ1n) is 14.9. The molecular weight excluding hydrogens is 507 g/mol. The van der Waals surface area contributed by atoms with Crippen LogP contribution in [0.3, 0.4) is 0 Å². The Morgan fingerprint density at radius 3 is 2.15 bits per heavy atom. The molecule has 6 aromatic rings. The zero-order valence-electron chi connectivity index (χ0n) is 25.4. The van der Waals surface area contributed by atoms with Crippen molar-refractivity contribution in [1.82, 2.24) is 9.97 Å². The van der Waals surface area contributed by atoms with Gasteiger partial charge in [0, 0.05) is 38.5 Å². The van der Waals surface area contributed by atoms with E-state index in [1.807, 2.05) is 79.7 Å². The Morgan fingerprint density at radius 2 is 1.41 bits per heavy atom.